The Bertz CT molecular complexity index is 483. The molecule has 3 unspecified atom stereocenters. The molecule has 1 aromatic rings. The van der Waals surface area contributed by atoms with Gasteiger partial charge in [0.2, 0.25) is 0 Å². The van der Waals surface area contributed by atoms with Gasteiger partial charge in [0.05, 0.1) is 0 Å². The number of carbonyl (C=O) groups excluding carboxylic acids is 1. The molecule has 1 amide bonds. The molecule has 1 aliphatic rings. The first-order chi connectivity index (χ1) is 8.90. The van der Waals surface area contributed by atoms with Crippen LogP contribution in [-0.4, -0.2) is 11.9 Å². The Morgan fingerprint density at radius 1 is 1.26 bits per heavy atom. The molecule has 0 spiro atoms. The fourth-order valence-corrected chi connectivity index (χ4v) is 2.97. The minimum absolute atomic E-state index is 0.00931. The molecule has 104 valence electrons. The quantitative estimate of drug-likeness (QED) is 0.875. The first-order valence-electron chi connectivity index (χ1n) is 6.35. The molecule has 19 heavy (non-hydrogen) atoms. The van der Waals surface area contributed by atoms with Crippen molar-refractivity contribution in [1.82, 2.24) is 5.32 Å². The van der Waals surface area contributed by atoms with Crippen LogP contribution in [0.15, 0.2) is 16.6 Å². The lowest BCUT2D eigenvalue weighted by Crippen LogP contribution is -2.38. The topological polar surface area (TPSA) is 29.1 Å². The van der Waals surface area contributed by atoms with Gasteiger partial charge in [-0.05, 0) is 36.8 Å². The van der Waals surface area contributed by atoms with E-state index < -0.39 is 23.1 Å². The molecule has 2 nitrogen and oxygen atoms in total. The van der Waals surface area contributed by atoms with Crippen molar-refractivity contribution in [3.8, 4) is 0 Å². The number of nitrogens with one attached hydrogen (secondary N) is 1. The van der Waals surface area contributed by atoms with Gasteiger partial charge in [0.25, 0.3) is 5.91 Å². The minimum atomic E-state index is -0.844. The smallest absolute Gasteiger partial charge is 0.257 e. The number of amides is 1. The fourth-order valence-electron chi connectivity index (χ4n) is 2.57. The normalized spacial score (nSPS) is 26.5. The van der Waals surface area contributed by atoms with Gasteiger partial charge in [-0.1, -0.05) is 29.8 Å². The van der Waals surface area contributed by atoms with Crippen molar-refractivity contribution >= 4 is 21.8 Å². The number of hydrogen-bond acceptors (Lipinski definition) is 1. The van der Waals surface area contributed by atoms with E-state index >= 15 is 0 Å². The zero-order valence-corrected chi connectivity index (χ0v) is 12.4. The SMILES string of the molecule is CC1CCC(NC(=O)c2c(F)cc(Br)cc2F)C1C. The van der Waals surface area contributed by atoms with E-state index in [1.165, 1.54) is 0 Å². The zero-order chi connectivity index (χ0) is 14.2. The molecule has 1 saturated carbocycles. The molecule has 1 aliphatic carbocycles. The summed E-state index contributed by atoms with van der Waals surface area (Å²) in [4.78, 5) is 12.0. The van der Waals surface area contributed by atoms with Crippen molar-refractivity contribution in [2.45, 2.75) is 32.7 Å². The van der Waals surface area contributed by atoms with E-state index in [0.29, 0.717) is 11.8 Å². The van der Waals surface area contributed by atoms with Crippen LogP contribution in [0.3, 0.4) is 0 Å². The van der Waals surface area contributed by atoms with E-state index in [4.69, 9.17) is 0 Å². The van der Waals surface area contributed by atoms with Crippen LogP contribution in [0.4, 0.5) is 8.78 Å². The van der Waals surface area contributed by atoms with Crippen molar-refractivity contribution < 1.29 is 13.6 Å². The lowest BCUT2D eigenvalue weighted by atomic mass is 9.97. The van der Waals surface area contributed by atoms with E-state index in [-0.39, 0.29) is 10.5 Å². The lowest BCUT2D eigenvalue weighted by Gasteiger charge is -2.20. The van der Waals surface area contributed by atoms with Crippen molar-refractivity contribution in [2.24, 2.45) is 11.8 Å². The number of rotatable bonds is 2. The molecular weight excluding hydrogens is 316 g/mol. The van der Waals surface area contributed by atoms with Gasteiger partial charge < -0.3 is 5.32 Å². The largest absolute Gasteiger partial charge is 0.349 e. The van der Waals surface area contributed by atoms with Gasteiger partial charge in [0, 0.05) is 10.5 Å². The molecule has 1 N–H and O–H groups in total. The van der Waals surface area contributed by atoms with Crippen molar-refractivity contribution in [1.29, 1.82) is 0 Å². The second-order valence-corrected chi connectivity index (χ2v) is 6.15. The predicted octanol–water partition coefficient (Wildman–Crippen LogP) is 3.89. The van der Waals surface area contributed by atoms with Gasteiger partial charge in [0.15, 0.2) is 0 Å². The molecule has 0 aromatic heterocycles. The highest BCUT2D eigenvalue weighted by molar-refractivity contribution is 9.10. The molecular formula is C14H16BrF2NO. The Kier molecular flexibility index (Phi) is 4.23. The molecule has 5 heteroatoms. The maximum Gasteiger partial charge on any atom is 0.257 e. The van der Waals surface area contributed by atoms with E-state index in [9.17, 15) is 13.6 Å². The average Bonchev–Trinajstić information content (AvgIpc) is 2.59. The molecule has 2 rings (SSSR count). The second-order valence-electron chi connectivity index (χ2n) is 5.24. The first-order valence-corrected chi connectivity index (χ1v) is 7.15. The summed E-state index contributed by atoms with van der Waals surface area (Å²) in [5.74, 6) is -1.52. The predicted molar refractivity (Wildman–Crippen MR) is 72.9 cm³/mol. The van der Waals surface area contributed by atoms with Crippen LogP contribution in [0.1, 0.15) is 37.0 Å². The van der Waals surface area contributed by atoms with Crippen LogP contribution in [0.2, 0.25) is 0 Å². The Labute approximate surface area is 119 Å². The Morgan fingerprint density at radius 3 is 2.32 bits per heavy atom. The standard InChI is InChI=1S/C14H16BrF2NO/c1-7-3-4-12(8(7)2)18-14(19)13-10(16)5-9(15)6-11(13)17/h5-8,12H,3-4H2,1-2H3,(H,18,19). The van der Waals surface area contributed by atoms with Crippen LogP contribution in [0.25, 0.3) is 0 Å². The highest BCUT2D eigenvalue weighted by atomic mass is 79.9. The number of hydrogen-bond donors (Lipinski definition) is 1. The molecule has 1 aromatic carbocycles. The van der Waals surface area contributed by atoms with E-state index in [1.807, 2.05) is 0 Å². The molecule has 0 heterocycles. The number of halogens is 3. The Balaban J connectivity index is 2.17. The molecule has 0 saturated heterocycles. The van der Waals surface area contributed by atoms with Gasteiger partial charge in [0.1, 0.15) is 17.2 Å². The zero-order valence-electron chi connectivity index (χ0n) is 10.8. The summed E-state index contributed by atoms with van der Waals surface area (Å²) in [6, 6.07) is 2.18. The van der Waals surface area contributed by atoms with Crippen LogP contribution in [-0.2, 0) is 0 Å². The van der Waals surface area contributed by atoms with Crippen LogP contribution < -0.4 is 5.32 Å². The third-order valence-electron chi connectivity index (χ3n) is 4.02. The van der Waals surface area contributed by atoms with Crippen molar-refractivity contribution in [3.05, 3.63) is 33.8 Å². The first kappa shape index (κ1) is 14.4. The fraction of sp³-hybridized carbons (Fsp3) is 0.500. The Hall–Kier alpha value is -0.970. The monoisotopic (exact) mass is 331 g/mol. The van der Waals surface area contributed by atoms with E-state index in [2.05, 4.69) is 35.1 Å². The van der Waals surface area contributed by atoms with Crippen LogP contribution >= 0.6 is 15.9 Å². The lowest BCUT2D eigenvalue weighted by molar-refractivity contribution is 0.0919. The van der Waals surface area contributed by atoms with Crippen molar-refractivity contribution in [3.63, 3.8) is 0 Å². The maximum absolute atomic E-state index is 13.7. The Morgan fingerprint density at radius 2 is 1.84 bits per heavy atom. The van der Waals surface area contributed by atoms with Crippen LogP contribution in [0.5, 0.6) is 0 Å². The highest BCUT2D eigenvalue weighted by Gasteiger charge is 2.32. The van der Waals surface area contributed by atoms with Crippen LogP contribution in [0, 0.1) is 23.5 Å². The molecule has 0 radical (unpaired) electrons. The third kappa shape index (κ3) is 2.96. The summed E-state index contributed by atoms with van der Waals surface area (Å²) >= 11 is 2.99. The van der Waals surface area contributed by atoms with Gasteiger partial charge in [-0.25, -0.2) is 8.78 Å². The molecule has 0 aliphatic heterocycles. The number of benzene rings is 1. The van der Waals surface area contributed by atoms with E-state index in [0.717, 1.165) is 25.0 Å². The molecule has 3 atom stereocenters. The maximum atomic E-state index is 13.7. The van der Waals surface area contributed by atoms with Gasteiger partial charge >= 0.3 is 0 Å². The summed E-state index contributed by atoms with van der Waals surface area (Å²) in [6.45, 7) is 4.18. The molecule has 0 bridgehead atoms. The third-order valence-corrected chi connectivity index (χ3v) is 4.47. The van der Waals surface area contributed by atoms with Gasteiger partial charge in [-0.3, -0.25) is 4.79 Å². The highest BCUT2D eigenvalue weighted by Crippen LogP contribution is 2.31. The van der Waals surface area contributed by atoms with E-state index in [1.54, 1.807) is 0 Å². The summed E-state index contributed by atoms with van der Waals surface area (Å²) < 4.78 is 27.6. The summed E-state index contributed by atoms with van der Waals surface area (Å²) in [6.07, 6.45) is 1.88. The minimum Gasteiger partial charge on any atom is -0.349 e. The van der Waals surface area contributed by atoms with Crippen molar-refractivity contribution in [2.75, 3.05) is 0 Å². The second kappa shape index (κ2) is 5.57. The average molecular weight is 332 g/mol. The van der Waals surface area contributed by atoms with Gasteiger partial charge in [-0.15, -0.1) is 0 Å². The number of carbonyl (C=O) groups is 1. The molecule has 1 fully saturated rings. The van der Waals surface area contributed by atoms with Gasteiger partial charge in [-0.2, -0.15) is 0 Å². The summed E-state index contributed by atoms with van der Waals surface area (Å²) in [7, 11) is 0. The summed E-state index contributed by atoms with van der Waals surface area (Å²) in [5.41, 5.74) is -0.505. The summed E-state index contributed by atoms with van der Waals surface area (Å²) in [5, 5.41) is 2.74.